The van der Waals surface area contributed by atoms with Crippen molar-refractivity contribution in [2.45, 2.75) is 83.8 Å². The highest BCUT2D eigenvalue weighted by Crippen LogP contribution is 2.27. The van der Waals surface area contributed by atoms with Crippen LogP contribution in [-0.4, -0.2) is 35.4 Å². The molecule has 7 heteroatoms. The molecule has 0 spiro atoms. The third-order valence-electron chi connectivity index (χ3n) is 6.59. The van der Waals surface area contributed by atoms with Gasteiger partial charge in [0, 0.05) is 28.2 Å². The molecule has 1 N–H and O–H groups in total. The Morgan fingerprint density at radius 2 is 1.63 bits per heavy atom. The van der Waals surface area contributed by atoms with Gasteiger partial charge in [0.2, 0.25) is 5.91 Å². The first-order valence-corrected chi connectivity index (χ1v) is 13.1. The van der Waals surface area contributed by atoms with Crippen LogP contribution < -0.4 is 10.1 Å². The quantitative estimate of drug-likeness (QED) is 0.431. The highest BCUT2D eigenvalue weighted by atomic mass is 35.5. The average Bonchev–Trinajstić information content (AvgIpc) is 2.82. The van der Waals surface area contributed by atoms with E-state index in [1.54, 1.807) is 25.1 Å². The zero-order valence-corrected chi connectivity index (χ0v) is 22.6. The first-order valence-electron chi connectivity index (χ1n) is 12.3. The summed E-state index contributed by atoms with van der Waals surface area (Å²) in [5.41, 5.74) is 1.82. The largest absolute Gasteiger partial charge is 0.484 e. The smallest absolute Gasteiger partial charge is 0.261 e. The minimum Gasteiger partial charge on any atom is -0.484 e. The van der Waals surface area contributed by atoms with Crippen molar-refractivity contribution in [1.29, 1.82) is 0 Å². The maximum atomic E-state index is 13.3. The molecule has 2 aromatic rings. The minimum absolute atomic E-state index is 0.0283. The molecule has 1 aliphatic carbocycles. The molecule has 0 heterocycles. The summed E-state index contributed by atoms with van der Waals surface area (Å²) in [6, 6.07) is 12.4. The predicted molar refractivity (Wildman–Crippen MR) is 142 cm³/mol. The number of amides is 2. The fourth-order valence-corrected chi connectivity index (χ4v) is 4.80. The Labute approximate surface area is 219 Å². The standard InChI is InChI=1S/C28H36Cl2N2O3/c1-19(27(34)31-21-9-6-5-7-10-21)32(17-23-24(29)11-8-12-25(23)30)26(33)18-35-22-15-13-20(14-16-22)28(2,3)4/h8,11-16,19,21H,5-7,9-10,17-18H2,1-4H3,(H,31,34)/t19-/m1/s1. The normalized spacial score (nSPS) is 15.4. The number of carbonyl (C=O) groups excluding carboxylic acids is 2. The van der Waals surface area contributed by atoms with Gasteiger partial charge in [-0.25, -0.2) is 0 Å². The summed E-state index contributed by atoms with van der Waals surface area (Å²) in [5.74, 6) is 0.108. The van der Waals surface area contributed by atoms with E-state index in [1.807, 2.05) is 24.3 Å². The summed E-state index contributed by atoms with van der Waals surface area (Å²) in [7, 11) is 0. The molecule has 1 saturated carbocycles. The van der Waals surface area contributed by atoms with E-state index in [0.717, 1.165) is 25.7 Å². The van der Waals surface area contributed by atoms with Gasteiger partial charge in [0.25, 0.3) is 5.91 Å². The number of hydrogen-bond acceptors (Lipinski definition) is 3. The van der Waals surface area contributed by atoms with Gasteiger partial charge in [-0.1, -0.05) is 81.4 Å². The molecule has 5 nitrogen and oxygen atoms in total. The van der Waals surface area contributed by atoms with E-state index in [9.17, 15) is 9.59 Å². The van der Waals surface area contributed by atoms with Crippen molar-refractivity contribution in [3.05, 3.63) is 63.6 Å². The van der Waals surface area contributed by atoms with Crippen molar-refractivity contribution in [2.24, 2.45) is 0 Å². The highest BCUT2D eigenvalue weighted by molar-refractivity contribution is 6.36. The minimum atomic E-state index is -0.705. The fourth-order valence-electron chi connectivity index (χ4n) is 4.28. The number of carbonyl (C=O) groups is 2. The van der Waals surface area contributed by atoms with E-state index in [1.165, 1.54) is 16.9 Å². The Balaban J connectivity index is 1.74. The summed E-state index contributed by atoms with van der Waals surface area (Å²) in [4.78, 5) is 27.9. The summed E-state index contributed by atoms with van der Waals surface area (Å²) in [6.07, 6.45) is 5.36. The number of rotatable bonds is 8. The Morgan fingerprint density at radius 1 is 1.03 bits per heavy atom. The lowest BCUT2D eigenvalue weighted by molar-refractivity contribution is -0.142. The number of nitrogens with zero attached hydrogens (tertiary/aromatic N) is 1. The van der Waals surface area contributed by atoms with E-state index >= 15 is 0 Å². The second-order valence-electron chi connectivity index (χ2n) is 10.3. The van der Waals surface area contributed by atoms with Crippen LogP contribution in [0.3, 0.4) is 0 Å². The molecule has 0 radical (unpaired) electrons. The van der Waals surface area contributed by atoms with Gasteiger partial charge in [-0.2, -0.15) is 0 Å². The topological polar surface area (TPSA) is 58.6 Å². The molecule has 0 saturated heterocycles. The Bertz CT molecular complexity index is 992. The van der Waals surface area contributed by atoms with Gasteiger partial charge in [0.1, 0.15) is 11.8 Å². The van der Waals surface area contributed by atoms with Crippen LogP contribution in [0.15, 0.2) is 42.5 Å². The van der Waals surface area contributed by atoms with Crippen LogP contribution in [-0.2, 0) is 21.5 Å². The van der Waals surface area contributed by atoms with E-state index in [-0.39, 0.29) is 36.4 Å². The van der Waals surface area contributed by atoms with Gasteiger partial charge in [-0.15, -0.1) is 0 Å². The fraction of sp³-hybridized carbons (Fsp3) is 0.500. The maximum Gasteiger partial charge on any atom is 0.261 e. The van der Waals surface area contributed by atoms with Crippen LogP contribution in [0.4, 0.5) is 0 Å². The zero-order chi connectivity index (χ0) is 25.6. The van der Waals surface area contributed by atoms with Crippen molar-refractivity contribution in [3.63, 3.8) is 0 Å². The van der Waals surface area contributed by atoms with Gasteiger partial charge in [0.05, 0.1) is 0 Å². The zero-order valence-electron chi connectivity index (χ0n) is 21.1. The SMILES string of the molecule is C[C@H](C(=O)NC1CCCCC1)N(Cc1c(Cl)cccc1Cl)C(=O)COc1ccc(C(C)(C)C)cc1. The Kier molecular flexibility index (Phi) is 9.48. The van der Waals surface area contributed by atoms with Crippen molar-refractivity contribution in [1.82, 2.24) is 10.2 Å². The first kappa shape index (κ1) is 27.3. The van der Waals surface area contributed by atoms with Crippen molar-refractivity contribution in [3.8, 4) is 5.75 Å². The van der Waals surface area contributed by atoms with Crippen molar-refractivity contribution >= 4 is 35.0 Å². The third-order valence-corrected chi connectivity index (χ3v) is 7.30. The molecule has 0 bridgehead atoms. The summed E-state index contributed by atoms with van der Waals surface area (Å²) >= 11 is 12.8. The van der Waals surface area contributed by atoms with Gasteiger partial charge < -0.3 is 15.0 Å². The summed E-state index contributed by atoms with van der Waals surface area (Å²) < 4.78 is 5.81. The molecule has 1 fully saturated rings. The van der Waals surface area contributed by atoms with Crippen LogP contribution in [0.1, 0.15) is 70.9 Å². The lowest BCUT2D eigenvalue weighted by atomic mass is 9.87. The van der Waals surface area contributed by atoms with Crippen LogP contribution in [0.2, 0.25) is 10.0 Å². The number of benzene rings is 2. The molecule has 1 aliphatic rings. The Hall–Kier alpha value is -2.24. The molecule has 35 heavy (non-hydrogen) atoms. The third kappa shape index (κ3) is 7.62. The summed E-state index contributed by atoms with van der Waals surface area (Å²) in [6.45, 7) is 8.08. The molecule has 190 valence electrons. The second kappa shape index (κ2) is 12.1. The average molecular weight is 520 g/mol. The maximum absolute atomic E-state index is 13.3. The van der Waals surface area contributed by atoms with Crippen molar-refractivity contribution < 1.29 is 14.3 Å². The first-order chi connectivity index (χ1) is 16.6. The molecule has 1 atom stereocenters. The van der Waals surface area contributed by atoms with E-state index in [4.69, 9.17) is 27.9 Å². The van der Waals surface area contributed by atoms with Gasteiger partial charge in [-0.05, 0) is 55.0 Å². The molecular weight excluding hydrogens is 483 g/mol. The van der Waals surface area contributed by atoms with Gasteiger partial charge in [-0.3, -0.25) is 9.59 Å². The number of nitrogens with one attached hydrogen (secondary N) is 1. The van der Waals surface area contributed by atoms with Gasteiger partial charge in [0.15, 0.2) is 6.61 Å². The number of halogens is 2. The van der Waals surface area contributed by atoms with Crippen LogP contribution >= 0.6 is 23.2 Å². The van der Waals surface area contributed by atoms with Gasteiger partial charge >= 0.3 is 0 Å². The Morgan fingerprint density at radius 3 is 2.20 bits per heavy atom. The number of ether oxygens (including phenoxy) is 1. The van der Waals surface area contributed by atoms with E-state index < -0.39 is 6.04 Å². The lowest BCUT2D eigenvalue weighted by Crippen LogP contribution is -2.51. The molecule has 3 rings (SSSR count). The summed E-state index contributed by atoms with van der Waals surface area (Å²) in [5, 5.41) is 4.03. The van der Waals surface area contributed by atoms with E-state index in [2.05, 4.69) is 26.1 Å². The number of hydrogen-bond donors (Lipinski definition) is 1. The van der Waals surface area contributed by atoms with E-state index in [0.29, 0.717) is 21.4 Å². The highest BCUT2D eigenvalue weighted by Gasteiger charge is 2.29. The molecule has 0 aromatic heterocycles. The van der Waals surface area contributed by atoms with Crippen LogP contribution in [0.25, 0.3) is 0 Å². The monoisotopic (exact) mass is 518 g/mol. The second-order valence-corrected chi connectivity index (χ2v) is 11.1. The van der Waals surface area contributed by atoms with Crippen LogP contribution in [0, 0.1) is 0 Å². The van der Waals surface area contributed by atoms with Crippen molar-refractivity contribution in [2.75, 3.05) is 6.61 Å². The molecular formula is C28H36Cl2N2O3. The predicted octanol–water partition coefficient (Wildman–Crippen LogP) is 6.54. The lowest BCUT2D eigenvalue weighted by Gasteiger charge is -2.31. The molecule has 0 unspecified atom stereocenters. The molecule has 2 amide bonds. The van der Waals surface area contributed by atoms with Crippen LogP contribution in [0.5, 0.6) is 5.75 Å². The molecule has 2 aromatic carbocycles. The molecule has 0 aliphatic heterocycles.